The van der Waals surface area contributed by atoms with E-state index in [0.29, 0.717) is 0 Å². The summed E-state index contributed by atoms with van der Waals surface area (Å²) < 4.78 is 36.4. The number of carbonyl (C=O) groups excluding carboxylic acids is 2. The molecule has 0 aromatic heterocycles. The largest absolute Gasteiger partial charge is 0.478 e. The van der Waals surface area contributed by atoms with Crippen LogP contribution in [0.4, 0.5) is 13.2 Å². The molecule has 1 unspecified atom stereocenters. The molecule has 0 bridgehead atoms. The van der Waals surface area contributed by atoms with Gasteiger partial charge >= 0.3 is 12.1 Å². The number of hydrogen-bond donors (Lipinski definition) is 3. The van der Waals surface area contributed by atoms with Crippen LogP contribution in [-0.2, 0) is 15.8 Å². The minimum Gasteiger partial charge on any atom is -0.478 e. The Morgan fingerprint density at radius 3 is 1.96 bits per heavy atom. The van der Waals surface area contributed by atoms with Crippen LogP contribution >= 0.6 is 0 Å². The lowest BCUT2D eigenvalue weighted by molar-refractivity contribution is -0.138. The molecule has 2 amide bonds. The third-order valence-corrected chi connectivity index (χ3v) is 2.56. The lowest BCUT2D eigenvalue weighted by Gasteiger charge is -2.08. The number of rotatable bonds is 3. The fourth-order valence-electron chi connectivity index (χ4n) is 1.12. The highest BCUT2D eigenvalue weighted by molar-refractivity contribution is 5.89. The Morgan fingerprint density at radius 1 is 1.30 bits per heavy atom. The summed E-state index contributed by atoms with van der Waals surface area (Å²) in [7, 11) is 0. The first-order valence-electron chi connectivity index (χ1n) is 6.37. The van der Waals surface area contributed by atoms with Gasteiger partial charge in [-0.2, -0.15) is 13.2 Å². The van der Waals surface area contributed by atoms with Gasteiger partial charge in [-0.25, -0.2) is 4.79 Å². The summed E-state index contributed by atoms with van der Waals surface area (Å²) in [6.45, 7) is 3.76. The summed E-state index contributed by atoms with van der Waals surface area (Å²) in [6.07, 6.45) is -3.52. The maximum absolute atomic E-state index is 12.1. The van der Waals surface area contributed by atoms with Gasteiger partial charge in [-0.3, -0.25) is 9.59 Å². The van der Waals surface area contributed by atoms with E-state index in [4.69, 9.17) is 15.6 Å². The van der Waals surface area contributed by atoms with Crippen molar-refractivity contribution in [3.05, 3.63) is 35.4 Å². The van der Waals surface area contributed by atoms with Gasteiger partial charge in [0, 0.05) is 5.92 Å². The number of carboxylic acid groups (broad SMARTS) is 1. The van der Waals surface area contributed by atoms with Gasteiger partial charge in [-0.15, -0.1) is 0 Å². The normalized spacial score (nSPS) is 11.0. The molecule has 1 aromatic rings. The van der Waals surface area contributed by atoms with Crippen molar-refractivity contribution in [1.82, 2.24) is 0 Å². The van der Waals surface area contributed by atoms with Crippen molar-refractivity contribution in [2.45, 2.75) is 26.4 Å². The highest BCUT2D eigenvalue weighted by atomic mass is 19.4. The van der Waals surface area contributed by atoms with Crippen LogP contribution < -0.4 is 11.5 Å². The number of primary amides is 2. The smallest absolute Gasteiger partial charge is 0.417 e. The van der Waals surface area contributed by atoms with Gasteiger partial charge < -0.3 is 16.6 Å². The first-order chi connectivity index (χ1) is 10.5. The zero-order chi connectivity index (χ0) is 18.6. The van der Waals surface area contributed by atoms with Crippen molar-refractivity contribution in [1.29, 1.82) is 0 Å². The molecular weight excluding hydrogens is 317 g/mol. The van der Waals surface area contributed by atoms with E-state index < -0.39 is 23.3 Å². The Bertz CT molecular complexity index is 519. The van der Waals surface area contributed by atoms with Gasteiger partial charge in [0.05, 0.1) is 11.1 Å². The van der Waals surface area contributed by atoms with Crippen LogP contribution in [0.25, 0.3) is 0 Å². The molecule has 130 valence electrons. The SMILES string of the molecule is CCC(C)C(N)=O.NC=O.O=C(O)c1ccccc1C(F)(F)F. The van der Waals surface area contributed by atoms with Crippen molar-refractivity contribution in [3.8, 4) is 0 Å². The van der Waals surface area contributed by atoms with Gasteiger partial charge in [-0.1, -0.05) is 26.0 Å². The van der Waals surface area contributed by atoms with Crippen molar-refractivity contribution in [2.24, 2.45) is 17.4 Å². The molecule has 0 spiro atoms. The predicted octanol–water partition coefficient (Wildman–Crippen LogP) is 2.02. The molecule has 9 heteroatoms. The second-order valence-electron chi connectivity index (χ2n) is 4.20. The molecule has 5 N–H and O–H groups in total. The number of alkyl halides is 3. The number of carboxylic acids is 1. The second-order valence-corrected chi connectivity index (χ2v) is 4.20. The lowest BCUT2D eigenvalue weighted by atomic mass is 10.1. The maximum atomic E-state index is 12.1. The highest BCUT2D eigenvalue weighted by Crippen LogP contribution is 2.31. The van der Waals surface area contributed by atoms with Gasteiger partial charge in [-0.05, 0) is 18.6 Å². The quantitative estimate of drug-likeness (QED) is 0.730. The molecule has 1 rings (SSSR count). The number of carbonyl (C=O) groups is 3. The number of nitrogens with two attached hydrogens (primary N) is 2. The van der Waals surface area contributed by atoms with E-state index in [1.165, 1.54) is 6.07 Å². The van der Waals surface area contributed by atoms with Gasteiger partial charge in [0.1, 0.15) is 0 Å². The van der Waals surface area contributed by atoms with E-state index in [1.54, 1.807) is 0 Å². The molecule has 0 saturated heterocycles. The van der Waals surface area contributed by atoms with E-state index in [1.807, 2.05) is 13.8 Å². The molecule has 23 heavy (non-hydrogen) atoms. The molecule has 0 radical (unpaired) electrons. The number of amides is 2. The summed E-state index contributed by atoms with van der Waals surface area (Å²) in [4.78, 5) is 29.1. The topological polar surface area (TPSA) is 123 Å². The lowest BCUT2D eigenvalue weighted by Crippen LogP contribution is -2.19. The fourth-order valence-corrected chi connectivity index (χ4v) is 1.12. The molecule has 0 aliphatic heterocycles. The second kappa shape index (κ2) is 11.0. The van der Waals surface area contributed by atoms with E-state index in [9.17, 15) is 22.8 Å². The third kappa shape index (κ3) is 9.88. The average Bonchev–Trinajstić information content (AvgIpc) is 2.46. The zero-order valence-electron chi connectivity index (χ0n) is 12.6. The molecule has 0 saturated carbocycles. The summed E-state index contributed by atoms with van der Waals surface area (Å²) in [6, 6.07) is 4.06. The predicted molar refractivity (Wildman–Crippen MR) is 77.3 cm³/mol. The van der Waals surface area contributed by atoms with Crippen LogP contribution in [0.3, 0.4) is 0 Å². The van der Waals surface area contributed by atoms with Crippen molar-refractivity contribution in [3.63, 3.8) is 0 Å². The number of aromatic carboxylic acids is 1. The third-order valence-electron chi connectivity index (χ3n) is 2.56. The van der Waals surface area contributed by atoms with Crippen LogP contribution in [0.5, 0.6) is 0 Å². The van der Waals surface area contributed by atoms with E-state index >= 15 is 0 Å². The minimum atomic E-state index is -4.62. The molecule has 0 fully saturated rings. The summed E-state index contributed by atoms with van der Waals surface area (Å²) in [5.41, 5.74) is 7.22. The zero-order valence-corrected chi connectivity index (χ0v) is 12.6. The number of halogens is 3. The maximum Gasteiger partial charge on any atom is 0.417 e. The summed E-state index contributed by atoms with van der Waals surface area (Å²) in [5, 5.41) is 8.43. The Labute approximate surface area is 131 Å². The summed E-state index contributed by atoms with van der Waals surface area (Å²) in [5.74, 6) is -1.74. The highest BCUT2D eigenvalue weighted by Gasteiger charge is 2.34. The van der Waals surface area contributed by atoms with Crippen LogP contribution in [0.2, 0.25) is 0 Å². The first kappa shape index (κ1) is 22.7. The van der Waals surface area contributed by atoms with E-state index in [-0.39, 0.29) is 18.2 Å². The van der Waals surface area contributed by atoms with Crippen LogP contribution in [-0.4, -0.2) is 23.4 Å². The van der Waals surface area contributed by atoms with Gasteiger partial charge in [0.2, 0.25) is 12.3 Å². The van der Waals surface area contributed by atoms with Crippen LogP contribution in [0.15, 0.2) is 24.3 Å². The Hall–Kier alpha value is -2.58. The Morgan fingerprint density at radius 2 is 1.74 bits per heavy atom. The summed E-state index contributed by atoms with van der Waals surface area (Å²) >= 11 is 0. The monoisotopic (exact) mass is 336 g/mol. The molecule has 6 nitrogen and oxygen atoms in total. The fraction of sp³-hybridized carbons (Fsp3) is 0.357. The van der Waals surface area contributed by atoms with Gasteiger partial charge in [0.25, 0.3) is 0 Å². The molecule has 1 aromatic carbocycles. The average molecular weight is 336 g/mol. The molecule has 0 aliphatic carbocycles. The van der Waals surface area contributed by atoms with Crippen molar-refractivity contribution >= 4 is 18.3 Å². The molecule has 1 atom stereocenters. The number of hydrogen-bond acceptors (Lipinski definition) is 3. The molecule has 0 heterocycles. The van der Waals surface area contributed by atoms with Crippen LogP contribution in [0, 0.1) is 5.92 Å². The van der Waals surface area contributed by atoms with E-state index in [2.05, 4.69) is 5.73 Å². The van der Waals surface area contributed by atoms with Gasteiger partial charge in [0.15, 0.2) is 0 Å². The van der Waals surface area contributed by atoms with Crippen molar-refractivity contribution in [2.75, 3.05) is 0 Å². The molecule has 0 aliphatic rings. The first-order valence-corrected chi connectivity index (χ1v) is 6.37. The molecular formula is C14H19F3N2O4. The van der Waals surface area contributed by atoms with E-state index in [0.717, 1.165) is 24.6 Å². The Kier molecular flexibility index (Phi) is 10.9. The standard InChI is InChI=1S/C8H5F3O2.C5H11NO.CH3NO/c9-8(10,11)6-4-2-1-3-5(6)7(12)13;1-3-4(2)5(6)7;2-1-3/h1-4H,(H,12,13);4H,3H2,1-2H3,(H2,6,7);1H,(H2,2,3). The number of benzene rings is 1. The minimum absolute atomic E-state index is 0.0417. The van der Waals surface area contributed by atoms with Crippen molar-refractivity contribution < 1.29 is 32.7 Å². The van der Waals surface area contributed by atoms with Crippen LogP contribution in [0.1, 0.15) is 36.2 Å². The Balaban J connectivity index is 0.